The van der Waals surface area contributed by atoms with E-state index in [2.05, 4.69) is 21.9 Å². The number of rotatable bonds is 4. The molecule has 2 aliphatic heterocycles. The summed E-state index contributed by atoms with van der Waals surface area (Å²) in [5.74, 6) is 0.0450. The van der Waals surface area contributed by atoms with Gasteiger partial charge in [0, 0.05) is 51.4 Å². The van der Waals surface area contributed by atoms with Gasteiger partial charge in [-0.15, -0.1) is 0 Å². The fourth-order valence-electron chi connectivity index (χ4n) is 4.10. The summed E-state index contributed by atoms with van der Waals surface area (Å²) in [6.45, 7) is 4.89. The maximum absolute atomic E-state index is 13.9. The molecule has 0 aromatic heterocycles. The van der Waals surface area contributed by atoms with Crippen molar-refractivity contribution in [1.82, 2.24) is 4.90 Å². The van der Waals surface area contributed by atoms with E-state index >= 15 is 0 Å². The summed E-state index contributed by atoms with van der Waals surface area (Å²) in [4.78, 5) is 19.1. The normalized spacial score (nSPS) is 17.7. The van der Waals surface area contributed by atoms with Crippen molar-refractivity contribution in [1.29, 1.82) is 0 Å². The van der Waals surface area contributed by atoms with Crippen LogP contribution in [0.25, 0.3) is 0 Å². The lowest BCUT2D eigenvalue weighted by molar-refractivity contribution is -0.119. The first-order chi connectivity index (χ1) is 13.2. The average molecular weight is 367 g/mol. The van der Waals surface area contributed by atoms with E-state index < -0.39 is 0 Å². The van der Waals surface area contributed by atoms with E-state index in [4.69, 9.17) is 0 Å². The Labute approximate surface area is 160 Å². The molecule has 1 amide bonds. The number of hydrogen-bond donors (Lipinski definition) is 0. The zero-order valence-electron chi connectivity index (χ0n) is 15.6. The van der Waals surface area contributed by atoms with Gasteiger partial charge in [0.1, 0.15) is 5.82 Å². The first kappa shape index (κ1) is 18.0. The summed E-state index contributed by atoms with van der Waals surface area (Å²) in [6.07, 6.45) is 2.62. The fourth-order valence-corrected chi connectivity index (χ4v) is 4.10. The molecule has 0 bridgehead atoms. The van der Waals surface area contributed by atoms with Crippen LogP contribution in [-0.2, 0) is 11.2 Å². The Morgan fingerprint density at radius 3 is 2.37 bits per heavy atom. The number of aryl methyl sites for hydroxylation is 1. The Balaban J connectivity index is 1.29. The predicted molar refractivity (Wildman–Crippen MR) is 107 cm³/mol. The van der Waals surface area contributed by atoms with Crippen molar-refractivity contribution >= 4 is 17.3 Å². The molecular weight excluding hydrogens is 341 g/mol. The molecule has 2 heterocycles. The first-order valence-corrected chi connectivity index (χ1v) is 9.82. The van der Waals surface area contributed by atoms with E-state index in [0.717, 1.165) is 57.8 Å². The number of fused-ring (bicyclic) bond motifs is 1. The van der Waals surface area contributed by atoms with Gasteiger partial charge in [0.25, 0.3) is 0 Å². The van der Waals surface area contributed by atoms with Crippen molar-refractivity contribution < 1.29 is 9.18 Å². The Kier molecular flexibility index (Phi) is 5.39. The van der Waals surface area contributed by atoms with Crippen LogP contribution in [0.15, 0.2) is 48.5 Å². The van der Waals surface area contributed by atoms with E-state index in [0.29, 0.717) is 12.1 Å². The summed E-state index contributed by atoms with van der Waals surface area (Å²) in [5, 5.41) is 0. The Morgan fingerprint density at radius 1 is 0.889 bits per heavy atom. The number of carbonyl (C=O) groups excluding carboxylic acids is 1. The van der Waals surface area contributed by atoms with Crippen molar-refractivity contribution in [3.8, 4) is 0 Å². The third-order valence-electron chi connectivity index (χ3n) is 5.62. The number of benzene rings is 2. The van der Waals surface area contributed by atoms with Gasteiger partial charge in [-0.05, 0) is 36.6 Å². The van der Waals surface area contributed by atoms with Crippen LogP contribution in [0.2, 0.25) is 0 Å². The first-order valence-electron chi connectivity index (χ1n) is 9.82. The molecule has 0 aliphatic carbocycles. The van der Waals surface area contributed by atoms with Gasteiger partial charge < -0.3 is 9.80 Å². The van der Waals surface area contributed by atoms with Crippen molar-refractivity contribution in [2.75, 3.05) is 49.1 Å². The van der Waals surface area contributed by atoms with E-state index in [-0.39, 0.29) is 11.7 Å². The summed E-state index contributed by atoms with van der Waals surface area (Å²) < 4.78 is 13.9. The van der Waals surface area contributed by atoms with Gasteiger partial charge in [0.15, 0.2) is 0 Å². The second-order valence-corrected chi connectivity index (χ2v) is 7.31. The zero-order valence-corrected chi connectivity index (χ0v) is 15.6. The van der Waals surface area contributed by atoms with Gasteiger partial charge in [0.05, 0.1) is 5.69 Å². The molecule has 0 spiro atoms. The largest absolute Gasteiger partial charge is 0.367 e. The van der Waals surface area contributed by atoms with Gasteiger partial charge in [-0.2, -0.15) is 0 Å². The lowest BCUT2D eigenvalue weighted by Crippen LogP contribution is -2.48. The second kappa shape index (κ2) is 8.09. The minimum atomic E-state index is -0.162. The molecule has 0 atom stereocenters. The molecule has 2 aromatic carbocycles. The van der Waals surface area contributed by atoms with Crippen molar-refractivity contribution in [2.45, 2.75) is 19.3 Å². The molecule has 0 saturated carbocycles. The molecule has 1 fully saturated rings. The number of amides is 1. The highest BCUT2D eigenvalue weighted by molar-refractivity contribution is 5.94. The van der Waals surface area contributed by atoms with Crippen molar-refractivity contribution in [3.63, 3.8) is 0 Å². The van der Waals surface area contributed by atoms with Gasteiger partial charge in [-0.25, -0.2) is 4.39 Å². The Hall–Kier alpha value is -2.40. The van der Waals surface area contributed by atoms with Gasteiger partial charge in [-0.1, -0.05) is 30.3 Å². The molecule has 4 nitrogen and oxygen atoms in total. The summed E-state index contributed by atoms with van der Waals surface area (Å²) in [7, 11) is 0. The molecule has 2 aromatic rings. The topological polar surface area (TPSA) is 26.8 Å². The lowest BCUT2D eigenvalue weighted by Gasteiger charge is -2.36. The number of nitrogens with zero attached hydrogens (tertiary/aromatic N) is 3. The highest BCUT2D eigenvalue weighted by atomic mass is 19.1. The average Bonchev–Trinajstić information content (AvgIpc) is 2.72. The molecule has 0 N–H and O–H groups in total. The molecule has 0 unspecified atom stereocenters. The van der Waals surface area contributed by atoms with E-state index in [9.17, 15) is 9.18 Å². The van der Waals surface area contributed by atoms with E-state index in [1.54, 1.807) is 6.07 Å². The Morgan fingerprint density at radius 2 is 1.59 bits per heavy atom. The van der Waals surface area contributed by atoms with Crippen LogP contribution in [0, 0.1) is 5.82 Å². The van der Waals surface area contributed by atoms with Gasteiger partial charge in [0.2, 0.25) is 5.91 Å². The van der Waals surface area contributed by atoms with Crippen LogP contribution < -0.4 is 9.80 Å². The predicted octanol–water partition coefficient (Wildman–Crippen LogP) is 3.32. The maximum Gasteiger partial charge on any atom is 0.228 e. The quantitative estimate of drug-likeness (QED) is 0.829. The summed E-state index contributed by atoms with van der Waals surface area (Å²) >= 11 is 0. The van der Waals surface area contributed by atoms with Crippen LogP contribution in [0.1, 0.15) is 18.4 Å². The third kappa shape index (κ3) is 3.98. The number of hydrogen-bond acceptors (Lipinski definition) is 3. The minimum absolute atomic E-state index is 0.162. The standard InChI is InChI=1S/C22H26FN3O/c23-19-8-2-4-10-21(19)25-16-14-24(15-17-25)13-11-22(27)26-12-5-7-18-6-1-3-9-20(18)26/h1-4,6,8-10H,5,7,11-17H2. The van der Waals surface area contributed by atoms with Crippen LogP contribution >= 0.6 is 0 Å². The van der Waals surface area contributed by atoms with Crippen molar-refractivity contribution in [2.24, 2.45) is 0 Å². The van der Waals surface area contributed by atoms with Crippen LogP contribution in [-0.4, -0.2) is 50.1 Å². The molecule has 0 radical (unpaired) electrons. The molecule has 5 heteroatoms. The smallest absolute Gasteiger partial charge is 0.228 e. The lowest BCUT2D eigenvalue weighted by atomic mass is 10.0. The zero-order chi connectivity index (χ0) is 18.6. The van der Waals surface area contributed by atoms with Crippen molar-refractivity contribution in [3.05, 3.63) is 59.9 Å². The monoisotopic (exact) mass is 367 g/mol. The molecule has 4 rings (SSSR count). The number of piperazine rings is 1. The molecule has 2 aliphatic rings. The summed E-state index contributed by atoms with van der Waals surface area (Å²) in [5.41, 5.74) is 3.03. The second-order valence-electron chi connectivity index (χ2n) is 7.31. The third-order valence-corrected chi connectivity index (χ3v) is 5.62. The van der Waals surface area contributed by atoms with Crippen LogP contribution in [0.5, 0.6) is 0 Å². The highest BCUT2D eigenvalue weighted by Crippen LogP contribution is 2.27. The SMILES string of the molecule is O=C(CCN1CCN(c2ccccc2F)CC1)N1CCCc2ccccc21. The number of anilines is 2. The number of carbonyl (C=O) groups is 1. The molecule has 142 valence electrons. The fraction of sp³-hybridized carbons (Fsp3) is 0.409. The van der Waals surface area contributed by atoms with Gasteiger partial charge in [-0.3, -0.25) is 9.69 Å². The van der Waals surface area contributed by atoms with Gasteiger partial charge >= 0.3 is 0 Å². The van der Waals surface area contributed by atoms with Crippen LogP contribution in [0.3, 0.4) is 0 Å². The van der Waals surface area contributed by atoms with E-state index in [1.165, 1.54) is 11.6 Å². The molecular formula is C22H26FN3O. The number of para-hydroxylation sites is 2. The van der Waals surface area contributed by atoms with Crippen LogP contribution in [0.4, 0.5) is 15.8 Å². The highest BCUT2D eigenvalue weighted by Gasteiger charge is 2.24. The molecule has 1 saturated heterocycles. The summed E-state index contributed by atoms with van der Waals surface area (Å²) in [6, 6.07) is 15.2. The molecule has 27 heavy (non-hydrogen) atoms. The Bertz CT molecular complexity index is 802. The van der Waals surface area contributed by atoms with E-state index in [1.807, 2.05) is 29.2 Å². The minimum Gasteiger partial charge on any atom is -0.367 e. The maximum atomic E-state index is 13.9. The number of halogens is 1.